The zero-order valence-corrected chi connectivity index (χ0v) is 13.6. The molecule has 122 valence electrons. The number of carbonyl (C=O) groups excluding carboxylic acids is 1. The van der Waals surface area contributed by atoms with E-state index in [1.807, 2.05) is 0 Å². The fourth-order valence-corrected chi connectivity index (χ4v) is 2.65. The molecule has 22 heavy (non-hydrogen) atoms. The quantitative estimate of drug-likeness (QED) is 0.758. The highest BCUT2D eigenvalue weighted by Crippen LogP contribution is 2.20. The third-order valence-corrected chi connectivity index (χ3v) is 3.96. The maximum Gasteiger partial charge on any atom is 0.409 e. The summed E-state index contributed by atoms with van der Waals surface area (Å²) in [5, 5.41) is 0. The number of amides is 1. The number of carbonyl (C=O) groups is 1. The second-order valence-corrected chi connectivity index (χ2v) is 5.57. The molecule has 0 spiro atoms. The van der Waals surface area contributed by atoms with Gasteiger partial charge in [0, 0.05) is 45.6 Å². The SMILES string of the molecule is COCCCCOC(=O)N1CCN(c2ccccc2C)CC1. The monoisotopic (exact) mass is 306 g/mol. The van der Waals surface area contributed by atoms with E-state index in [1.54, 1.807) is 12.0 Å². The van der Waals surface area contributed by atoms with E-state index in [9.17, 15) is 4.79 Å². The summed E-state index contributed by atoms with van der Waals surface area (Å²) >= 11 is 0. The van der Waals surface area contributed by atoms with Crippen LogP contribution in [0.15, 0.2) is 24.3 Å². The van der Waals surface area contributed by atoms with Gasteiger partial charge in [0.25, 0.3) is 0 Å². The first-order valence-electron chi connectivity index (χ1n) is 7.93. The van der Waals surface area contributed by atoms with Gasteiger partial charge < -0.3 is 19.3 Å². The topological polar surface area (TPSA) is 42.0 Å². The van der Waals surface area contributed by atoms with Crippen LogP contribution in [0.4, 0.5) is 10.5 Å². The molecule has 1 aliphatic rings. The van der Waals surface area contributed by atoms with E-state index in [1.165, 1.54) is 11.3 Å². The van der Waals surface area contributed by atoms with Gasteiger partial charge in [-0.3, -0.25) is 0 Å². The molecule has 1 saturated heterocycles. The lowest BCUT2D eigenvalue weighted by Crippen LogP contribution is -2.49. The zero-order valence-electron chi connectivity index (χ0n) is 13.6. The molecule has 5 heteroatoms. The van der Waals surface area contributed by atoms with Crippen LogP contribution in [0.2, 0.25) is 0 Å². The Labute approximate surface area is 132 Å². The van der Waals surface area contributed by atoms with E-state index in [4.69, 9.17) is 9.47 Å². The van der Waals surface area contributed by atoms with E-state index in [2.05, 4.69) is 36.1 Å². The third kappa shape index (κ3) is 4.63. The summed E-state index contributed by atoms with van der Waals surface area (Å²) in [7, 11) is 1.68. The summed E-state index contributed by atoms with van der Waals surface area (Å²) in [6.45, 7) is 6.44. The Balaban J connectivity index is 1.72. The molecule has 0 saturated carbocycles. The average molecular weight is 306 g/mol. The van der Waals surface area contributed by atoms with Crippen LogP contribution in [0.5, 0.6) is 0 Å². The van der Waals surface area contributed by atoms with E-state index in [0.717, 1.165) is 25.9 Å². The van der Waals surface area contributed by atoms with Crippen LogP contribution >= 0.6 is 0 Å². The first kappa shape index (κ1) is 16.6. The summed E-state index contributed by atoms with van der Waals surface area (Å²) < 4.78 is 10.3. The molecule has 1 aromatic carbocycles. The van der Waals surface area contributed by atoms with Gasteiger partial charge in [-0.05, 0) is 31.4 Å². The van der Waals surface area contributed by atoms with E-state index in [0.29, 0.717) is 26.3 Å². The summed E-state index contributed by atoms with van der Waals surface area (Å²) in [4.78, 5) is 16.1. The van der Waals surface area contributed by atoms with Crippen LogP contribution in [0, 0.1) is 6.92 Å². The molecule has 1 heterocycles. The molecule has 0 aromatic heterocycles. The lowest BCUT2D eigenvalue weighted by molar-refractivity contribution is 0.0953. The molecule has 1 aliphatic heterocycles. The van der Waals surface area contributed by atoms with Gasteiger partial charge in [-0.2, -0.15) is 0 Å². The number of para-hydroxylation sites is 1. The second-order valence-electron chi connectivity index (χ2n) is 5.57. The molecular weight excluding hydrogens is 280 g/mol. The van der Waals surface area contributed by atoms with Gasteiger partial charge in [-0.15, -0.1) is 0 Å². The Bertz CT molecular complexity index is 471. The van der Waals surface area contributed by atoms with Gasteiger partial charge in [-0.1, -0.05) is 18.2 Å². The minimum atomic E-state index is -0.193. The van der Waals surface area contributed by atoms with Crippen molar-refractivity contribution in [2.75, 3.05) is 51.4 Å². The van der Waals surface area contributed by atoms with Crippen LogP contribution in [0.25, 0.3) is 0 Å². The summed E-state index contributed by atoms with van der Waals surface area (Å²) in [6, 6.07) is 8.37. The predicted octanol–water partition coefficient (Wildman–Crippen LogP) is 2.68. The Morgan fingerprint density at radius 3 is 2.45 bits per heavy atom. The van der Waals surface area contributed by atoms with Crippen LogP contribution in [-0.2, 0) is 9.47 Å². The number of aryl methyl sites for hydroxylation is 1. The highest BCUT2D eigenvalue weighted by molar-refractivity contribution is 5.68. The Hall–Kier alpha value is -1.75. The molecule has 0 unspecified atom stereocenters. The molecule has 2 rings (SSSR count). The average Bonchev–Trinajstić information content (AvgIpc) is 2.55. The maximum absolute atomic E-state index is 12.0. The van der Waals surface area contributed by atoms with Crippen LogP contribution in [0.1, 0.15) is 18.4 Å². The molecule has 1 amide bonds. The van der Waals surface area contributed by atoms with Gasteiger partial charge in [0.1, 0.15) is 0 Å². The highest BCUT2D eigenvalue weighted by atomic mass is 16.6. The Kier molecular flexibility index (Phi) is 6.52. The van der Waals surface area contributed by atoms with Gasteiger partial charge in [-0.25, -0.2) is 4.79 Å². The van der Waals surface area contributed by atoms with Crippen molar-refractivity contribution in [2.24, 2.45) is 0 Å². The van der Waals surface area contributed by atoms with Crippen LogP contribution < -0.4 is 4.90 Å². The minimum absolute atomic E-state index is 0.193. The number of ether oxygens (including phenoxy) is 2. The third-order valence-electron chi connectivity index (χ3n) is 3.96. The summed E-state index contributed by atoms with van der Waals surface area (Å²) in [5.41, 5.74) is 2.53. The molecule has 0 radical (unpaired) electrons. The molecule has 0 aliphatic carbocycles. The summed E-state index contributed by atoms with van der Waals surface area (Å²) in [5.74, 6) is 0. The van der Waals surface area contributed by atoms with Gasteiger partial charge in [0.15, 0.2) is 0 Å². The molecule has 0 bridgehead atoms. The number of methoxy groups -OCH3 is 1. The Morgan fingerprint density at radius 1 is 1.09 bits per heavy atom. The largest absolute Gasteiger partial charge is 0.449 e. The van der Waals surface area contributed by atoms with Crippen molar-refractivity contribution in [1.82, 2.24) is 4.90 Å². The number of hydrogen-bond acceptors (Lipinski definition) is 4. The first-order valence-corrected chi connectivity index (χ1v) is 7.93. The number of rotatable bonds is 6. The smallest absolute Gasteiger partial charge is 0.409 e. The molecular formula is C17H26N2O3. The first-order chi connectivity index (χ1) is 10.7. The highest BCUT2D eigenvalue weighted by Gasteiger charge is 2.22. The van der Waals surface area contributed by atoms with Crippen molar-refractivity contribution in [2.45, 2.75) is 19.8 Å². The standard InChI is InChI=1S/C17H26N2O3/c1-15-7-3-4-8-16(15)18-9-11-19(12-10-18)17(20)22-14-6-5-13-21-2/h3-4,7-8H,5-6,9-14H2,1-2H3. The van der Waals surface area contributed by atoms with Crippen LogP contribution in [0.3, 0.4) is 0 Å². The number of hydrogen-bond donors (Lipinski definition) is 0. The Morgan fingerprint density at radius 2 is 1.77 bits per heavy atom. The van der Waals surface area contributed by atoms with Crippen molar-refractivity contribution >= 4 is 11.8 Å². The number of benzene rings is 1. The van der Waals surface area contributed by atoms with Gasteiger partial charge in [0.2, 0.25) is 0 Å². The number of nitrogens with zero attached hydrogens (tertiary/aromatic N) is 2. The molecule has 1 fully saturated rings. The number of anilines is 1. The summed E-state index contributed by atoms with van der Waals surface area (Å²) in [6.07, 6.45) is 1.58. The maximum atomic E-state index is 12.0. The predicted molar refractivity (Wildman–Crippen MR) is 87.4 cm³/mol. The van der Waals surface area contributed by atoms with Gasteiger partial charge >= 0.3 is 6.09 Å². The second kappa shape index (κ2) is 8.63. The molecule has 0 atom stereocenters. The van der Waals surface area contributed by atoms with E-state index in [-0.39, 0.29) is 6.09 Å². The van der Waals surface area contributed by atoms with Crippen molar-refractivity contribution in [3.05, 3.63) is 29.8 Å². The van der Waals surface area contributed by atoms with Crippen molar-refractivity contribution in [1.29, 1.82) is 0 Å². The van der Waals surface area contributed by atoms with Crippen molar-refractivity contribution < 1.29 is 14.3 Å². The number of piperazine rings is 1. The minimum Gasteiger partial charge on any atom is -0.449 e. The lowest BCUT2D eigenvalue weighted by atomic mass is 10.1. The zero-order chi connectivity index (χ0) is 15.8. The lowest BCUT2D eigenvalue weighted by Gasteiger charge is -2.36. The molecule has 1 aromatic rings. The molecule has 0 N–H and O–H groups in total. The van der Waals surface area contributed by atoms with Crippen molar-refractivity contribution in [3.8, 4) is 0 Å². The van der Waals surface area contributed by atoms with E-state index >= 15 is 0 Å². The molecule has 5 nitrogen and oxygen atoms in total. The normalized spacial score (nSPS) is 15.0. The van der Waals surface area contributed by atoms with Gasteiger partial charge in [0.05, 0.1) is 6.61 Å². The van der Waals surface area contributed by atoms with E-state index < -0.39 is 0 Å². The van der Waals surface area contributed by atoms with Crippen molar-refractivity contribution in [3.63, 3.8) is 0 Å². The number of unbranched alkanes of at least 4 members (excludes halogenated alkanes) is 1. The van der Waals surface area contributed by atoms with Crippen LogP contribution in [-0.4, -0.2) is 57.5 Å². The fourth-order valence-electron chi connectivity index (χ4n) is 2.65. The fraction of sp³-hybridized carbons (Fsp3) is 0.588.